The number of alkyl halides is 3. The maximum Gasteiger partial charge on any atom is 0.416 e. The lowest BCUT2D eigenvalue weighted by atomic mass is 9.98. The van der Waals surface area contributed by atoms with Gasteiger partial charge in [-0.25, -0.2) is 9.97 Å². The minimum atomic E-state index is -4.35. The number of hydrogen-bond donors (Lipinski definition) is 0. The van der Waals surface area contributed by atoms with Gasteiger partial charge >= 0.3 is 6.18 Å². The Morgan fingerprint density at radius 3 is 2.50 bits per heavy atom. The second kappa shape index (κ2) is 8.33. The summed E-state index contributed by atoms with van der Waals surface area (Å²) in [7, 11) is 0. The summed E-state index contributed by atoms with van der Waals surface area (Å²) in [4.78, 5) is 13.4. The average Bonchev–Trinajstić information content (AvgIpc) is 3.62. The Bertz CT molecular complexity index is 1170. The van der Waals surface area contributed by atoms with E-state index in [1.165, 1.54) is 12.1 Å². The molecule has 176 valence electrons. The third kappa shape index (κ3) is 4.15. The van der Waals surface area contributed by atoms with Gasteiger partial charge in [-0.3, -0.25) is 9.80 Å². The number of nitrogens with zero attached hydrogens (tertiary/aromatic N) is 4. The van der Waals surface area contributed by atoms with Gasteiger partial charge in [-0.1, -0.05) is 18.2 Å². The molecule has 0 aliphatic carbocycles. The summed E-state index contributed by atoms with van der Waals surface area (Å²) in [5, 5.41) is 0. The van der Waals surface area contributed by atoms with E-state index in [0.29, 0.717) is 13.2 Å². The van der Waals surface area contributed by atoms with Crippen molar-refractivity contribution >= 4 is 0 Å². The topological polar surface area (TPSA) is 54.0 Å². The molecule has 0 amide bonds. The van der Waals surface area contributed by atoms with Crippen LogP contribution in [-0.4, -0.2) is 58.3 Å². The predicted molar refractivity (Wildman–Crippen MR) is 118 cm³/mol. The molecule has 2 unspecified atom stereocenters. The number of rotatable bonds is 3. The zero-order valence-corrected chi connectivity index (χ0v) is 18.3. The van der Waals surface area contributed by atoms with Crippen LogP contribution in [0.1, 0.15) is 23.1 Å². The van der Waals surface area contributed by atoms with Gasteiger partial charge in [-0.2, -0.15) is 13.2 Å². The van der Waals surface area contributed by atoms with E-state index in [2.05, 4.69) is 19.8 Å². The van der Waals surface area contributed by atoms with E-state index >= 15 is 0 Å². The molecule has 9 heteroatoms. The fourth-order valence-corrected chi connectivity index (χ4v) is 4.88. The lowest BCUT2D eigenvalue weighted by Crippen LogP contribution is -2.56. The molecule has 0 spiro atoms. The van der Waals surface area contributed by atoms with Gasteiger partial charge in [0.2, 0.25) is 0 Å². The van der Waals surface area contributed by atoms with Crippen LogP contribution >= 0.6 is 0 Å². The molecule has 3 aliphatic rings. The smallest absolute Gasteiger partial charge is 0.416 e. The third-order valence-corrected chi connectivity index (χ3v) is 6.69. The highest BCUT2D eigenvalue weighted by Crippen LogP contribution is 2.48. The molecular formula is C25H23F3N4O2. The fourth-order valence-electron chi connectivity index (χ4n) is 4.88. The summed E-state index contributed by atoms with van der Waals surface area (Å²) in [5.41, 5.74) is 1.86. The number of halogens is 3. The largest absolute Gasteiger partial charge is 0.492 e. The van der Waals surface area contributed by atoms with E-state index in [4.69, 9.17) is 9.47 Å². The lowest BCUT2D eigenvalue weighted by Gasteiger charge is -2.41. The van der Waals surface area contributed by atoms with Gasteiger partial charge in [-0.05, 0) is 41.5 Å². The maximum atomic E-state index is 12.9. The number of hydrogen-bond acceptors (Lipinski definition) is 6. The lowest BCUT2D eigenvalue weighted by molar-refractivity contribution is -0.137. The monoisotopic (exact) mass is 468 g/mol. The van der Waals surface area contributed by atoms with Crippen LogP contribution in [0, 0.1) is 0 Å². The number of benzene rings is 2. The zero-order valence-electron chi connectivity index (χ0n) is 18.3. The van der Waals surface area contributed by atoms with E-state index in [9.17, 15) is 13.2 Å². The van der Waals surface area contributed by atoms with Crippen LogP contribution in [0.2, 0.25) is 0 Å². The molecule has 0 bridgehead atoms. The molecule has 1 aromatic heterocycles. The third-order valence-electron chi connectivity index (χ3n) is 6.69. The number of aromatic nitrogens is 2. The van der Waals surface area contributed by atoms with Gasteiger partial charge in [0.25, 0.3) is 0 Å². The Balaban J connectivity index is 1.20. The summed E-state index contributed by atoms with van der Waals surface area (Å²) >= 11 is 0. The van der Waals surface area contributed by atoms with Crippen LogP contribution in [0.4, 0.5) is 13.2 Å². The molecule has 6 nitrogen and oxygen atoms in total. The molecule has 4 heterocycles. The van der Waals surface area contributed by atoms with Crippen molar-refractivity contribution in [2.24, 2.45) is 0 Å². The molecule has 2 aromatic carbocycles. The Hall–Kier alpha value is -3.01. The second-order valence-corrected chi connectivity index (χ2v) is 8.88. The highest BCUT2D eigenvalue weighted by atomic mass is 19.4. The molecule has 3 aromatic rings. The van der Waals surface area contributed by atoms with Crippen molar-refractivity contribution < 1.29 is 22.6 Å². The molecule has 3 aliphatic heterocycles. The van der Waals surface area contributed by atoms with E-state index in [-0.39, 0.29) is 18.4 Å². The molecule has 2 saturated heterocycles. The quantitative estimate of drug-likeness (QED) is 0.539. The summed E-state index contributed by atoms with van der Waals surface area (Å²) in [6.07, 6.45) is -0.935. The summed E-state index contributed by atoms with van der Waals surface area (Å²) in [6, 6.07) is 13.0. The molecule has 0 saturated carbocycles. The van der Waals surface area contributed by atoms with Crippen molar-refractivity contribution in [3.8, 4) is 16.9 Å². The number of piperazine rings is 1. The van der Waals surface area contributed by atoms with E-state index in [0.717, 1.165) is 60.0 Å². The fraction of sp³-hybridized carbons (Fsp3) is 0.360. The predicted octanol–water partition coefficient (Wildman–Crippen LogP) is 4.14. The van der Waals surface area contributed by atoms with Crippen LogP contribution in [0.5, 0.6) is 5.75 Å². The normalized spacial score (nSPS) is 24.7. The van der Waals surface area contributed by atoms with Gasteiger partial charge in [-0.15, -0.1) is 0 Å². The van der Waals surface area contributed by atoms with Crippen molar-refractivity contribution in [2.75, 3.05) is 26.2 Å². The van der Waals surface area contributed by atoms with E-state index in [1.54, 1.807) is 12.4 Å². The molecular weight excluding hydrogens is 445 g/mol. The second-order valence-electron chi connectivity index (χ2n) is 8.88. The molecule has 0 radical (unpaired) electrons. The first-order valence-electron chi connectivity index (χ1n) is 11.3. The number of ether oxygens (including phenoxy) is 2. The number of epoxide rings is 1. The van der Waals surface area contributed by atoms with Crippen LogP contribution in [0.25, 0.3) is 11.1 Å². The SMILES string of the molecule is FC(F)(F)c1ccc(-c2ccc3c(c2)C2OC2N2CCN(Cc4ncccn4)C[C@H]2CO3)cc1. The minimum Gasteiger partial charge on any atom is -0.492 e. The number of fused-ring (bicyclic) bond motifs is 5. The van der Waals surface area contributed by atoms with Crippen molar-refractivity contribution in [2.45, 2.75) is 31.1 Å². The molecule has 3 atom stereocenters. The van der Waals surface area contributed by atoms with Crippen LogP contribution in [-0.2, 0) is 17.5 Å². The summed E-state index contributed by atoms with van der Waals surface area (Å²) in [6.45, 7) is 3.82. The van der Waals surface area contributed by atoms with Crippen molar-refractivity contribution in [1.82, 2.24) is 19.8 Å². The highest BCUT2D eigenvalue weighted by Gasteiger charge is 2.51. The maximum absolute atomic E-state index is 12.9. The first-order valence-corrected chi connectivity index (χ1v) is 11.3. The molecule has 6 rings (SSSR count). The molecule has 2 fully saturated rings. The first kappa shape index (κ1) is 21.5. The van der Waals surface area contributed by atoms with Crippen molar-refractivity contribution in [3.05, 3.63) is 77.9 Å². The van der Waals surface area contributed by atoms with Crippen LogP contribution in [0.15, 0.2) is 60.9 Å². The van der Waals surface area contributed by atoms with Gasteiger partial charge < -0.3 is 9.47 Å². The Morgan fingerprint density at radius 1 is 0.971 bits per heavy atom. The minimum absolute atomic E-state index is 0.00868. The average molecular weight is 468 g/mol. The van der Waals surface area contributed by atoms with Gasteiger partial charge in [0.1, 0.15) is 30.5 Å². The van der Waals surface area contributed by atoms with Gasteiger partial charge in [0.15, 0.2) is 0 Å². The van der Waals surface area contributed by atoms with Gasteiger partial charge in [0, 0.05) is 37.6 Å². The van der Waals surface area contributed by atoms with Crippen LogP contribution in [0.3, 0.4) is 0 Å². The van der Waals surface area contributed by atoms with E-state index < -0.39 is 11.7 Å². The zero-order chi connectivity index (χ0) is 23.3. The molecule has 0 N–H and O–H groups in total. The Labute approximate surface area is 194 Å². The van der Waals surface area contributed by atoms with Crippen molar-refractivity contribution in [3.63, 3.8) is 0 Å². The Kier molecular flexibility index (Phi) is 5.28. The van der Waals surface area contributed by atoms with Gasteiger partial charge in [0.05, 0.1) is 18.2 Å². The van der Waals surface area contributed by atoms with Crippen LogP contribution < -0.4 is 4.74 Å². The first-order chi connectivity index (χ1) is 16.5. The van der Waals surface area contributed by atoms with E-state index in [1.807, 2.05) is 24.3 Å². The Morgan fingerprint density at radius 2 is 1.74 bits per heavy atom. The molecule has 34 heavy (non-hydrogen) atoms. The summed E-state index contributed by atoms with van der Waals surface area (Å²) in [5.74, 6) is 1.58. The highest BCUT2D eigenvalue weighted by molar-refractivity contribution is 5.66. The standard InChI is InChI=1S/C25H23F3N4O2/c26-25(27,28)18-5-2-16(3-6-18)17-4-7-21-20(12-17)23-24(34-23)32-11-10-31(13-19(32)15-33-21)14-22-29-8-1-9-30-22/h1-9,12,19,23-24H,10-11,13-15H2/t19-,23?,24?/m0/s1. The summed E-state index contributed by atoms with van der Waals surface area (Å²) < 4.78 is 51.0. The van der Waals surface area contributed by atoms with Crippen molar-refractivity contribution in [1.29, 1.82) is 0 Å².